The first-order valence-electron chi connectivity index (χ1n) is 6.72. The van der Waals surface area contributed by atoms with Crippen molar-refractivity contribution in [2.75, 3.05) is 5.32 Å². The van der Waals surface area contributed by atoms with Crippen molar-refractivity contribution in [1.29, 1.82) is 0 Å². The lowest BCUT2D eigenvalue weighted by molar-refractivity contribution is 0.102. The molecular weight excluding hydrogens is 300 g/mol. The van der Waals surface area contributed by atoms with Crippen LogP contribution in [0.25, 0.3) is 0 Å². The number of aromatic nitrogens is 3. The molecular formula is C16H13ClN4O. The van der Waals surface area contributed by atoms with Crippen LogP contribution in [0.4, 0.5) is 5.69 Å². The van der Waals surface area contributed by atoms with Crippen molar-refractivity contribution in [2.45, 2.75) is 6.54 Å². The van der Waals surface area contributed by atoms with Crippen molar-refractivity contribution in [3.63, 3.8) is 0 Å². The molecule has 0 radical (unpaired) electrons. The van der Waals surface area contributed by atoms with Crippen LogP contribution < -0.4 is 5.32 Å². The Hall–Kier alpha value is -2.66. The largest absolute Gasteiger partial charge is 0.320 e. The van der Waals surface area contributed by atoms with E-state index < -0.39 is 0 Å². The van der Waals surface area contributed by atoms with Crippen LogP contribution >= 0.6 is 11.6 Å². The summed E-state index contributed by atoms with van der Waals surface area (Å²) in [6.07, 6.45) is 1.62. The van der Waals surface area contributed by atoms with Gasteiger partial charge in [-0.2, -0.15) is 0 Å². The summed E-state index contributed by atoms with van der Waals surface area (Å²) in [5.41, 5.74) is 1.97. The molecule has 0 bridgehead atoms. The van der Waals surface area contributed by atoms with Gasteiger partial charge in [0.1, 0.15) is 0 Å². The molecule has 1 N–H and O–H groups in total. The number of hydrogen-bond donors (Lipinski definition) is 1. The number of benzene rings is 2. The van der Waals surface area contributed by atoms with Gasteiger partial charge in [0.05, 0.1) is 12.7 Å². The predicted molar refractivity (Wildman–Crippen MR) is 85.0 cm³/mol. The molecule has 110 valence electrons. The third-order valence-corrected chi connectivity index (χ3v) is 3.28. The fourth-order valence-electron chi connectivity index (χ4n) is 2.01. The minimum absolute atomic E-state index is 0.260. The summed E-state index contributed by atoms with van der Waals surface area (Å²) in [5, 5.41) is 11.2. The highest BCUT2D eigenvalue weighted by atomic mass is 35.5. The Morgan fingerprint density at radius 2 is 1.95 bits per heavy atom. The first kappa shape index (κ1) is 14.3. The molecule has 0 aliphatic rings. The fourth-order valence-corrected chi connectivity index (χ4v) is 2.20. The maximum atomic E-state index is 12.1. The molecule has 5 nitrogen and oxygen atoms in total. The highest BCUT2D eigenvalue weighted by molar-refractivity contribution is 6.30. The van der Waals surface area contributed by atoms with Gasteiger partial charge in [-0.1, -0.05) is 53.2 Å². The van der Waals surface area contributed by atoms with E-state index in [-0.39, 0.29) is 11.6 Å². The summed E-state index contributed by atoms with van der Waals surface area (Å²) in [7, 11) is 0. The Bertz CT molecular complexity index is 786. The van der Waals surface area contributed by atoms with E-state index >= 15 is 0 Å². The van der Waals surface area contributed by atoms with Gasteiger partial charge in [0.15, 0.2) is 5.69 Å². The first-order valence-corrected chi connectivity index (χ1v) is 7.09. The van der Waals surface area contributed by atoms with Crippen LogP contribution in [0.2, 0.25) is 5.02 Å². The van der Waals surface area contributed by atoms with Gasteiger partial charge in [-0.15, -0.1) is 5.10 Å². The average Bonchev–Trinajstić information content (AvgIpc) is 2.97. The standard InChI is InChI=1S/C16H13ClN4O/c17-13-7-4-8-14(9-13)18-16(22)15-11-21(20-19-15)10-12-5-2-1-3-6-12/h1-9,11H,10H2,(H,18,22). The molecule has 0 saturated carbocycles. The highest BCUT2D eigenvalue weighted by Crippen LogP contribution is 2.15. The summed E-state index contributed by atoms with van der Waals surface area (Å²) in [6, 6.07) is 16.8. The third kappa shape index (κ3) is 3.51. The Kier molecular flexibility index (Phi) is 4.16. The first-order chi connectivity index (χ1) is 10.7. The lowest BCUT2D eigenvalue weighted by atomic mass is 10.2. The Morgan fingerprint density at radius 3 is 2.73 bits per heavy atom. The van der Waals surface area contributed by atoms with Crippen LogP contribution in [-0.4, -0.2) is 20.9 Å². The maximum absolute atomic E-state index is 12.1. The van der Waals surface area contributed by atoms with Crippen molar-refractivity contribution in [1.82, 2.24) is 15.0 Å². The summed E-state index contributed by atoms with van der Waals surface area (Å²) in [4.78, 5) is 12.1. The molecule has 2 aromatic carbocycles. The molecule has 22 heavy (non-hydrogen) atoms. The number of nitrogens with zero attached hydrogens (tertiary/aromatic N) is 3. The van der Waals surface area contributed by atoms with E-state index in [0.29, 0.717) is 17.3 Å². The molecule has 0 unspecified atom stereocenters. The van der Waals surface area contributed by atoms with Gasteiger partial charge in [-0.25, -0.2) is 4.68 Å². The van der Waals surface area contributed by atoms with Crippen LogP contribution in [0.3, 0.4) is 0 Å². The smallest absolute Gasteiger partial charge is 0.277 e. The number of anilines is 1. The second kappa shape index (κ2) is 6.41. The number of nitrogens with one attached hydrogen (secondary N) is 1. The normalized spacial score (nSPS) is 10.4. The van der Waals surface area contributed by atoms with Crippen LogP contribution in [0, 0.1) is 0 Å². The van der Waals surface area contributed by atoms with Crippen molar-refractivity contribution >= 4 is 23.2 Å². The molecule has 0 fully saturated rings. The molecule has 3 aromatic rings. The van der Waals surface area contributed by atoms with Crippen LogP contribution in [0.15, 0.2) is 60.8 Å². The third-order valence-electron chi connectivity index (χ3n) is 3.04. The van der Waals surface area contributed by atoms with Gasteiger partial charge in [0.25, 0.3) is 5.91 Å². The minimum Gasteiger partial charge on any atom is -0.320 e. The molecule has 1 amide bonds. The molecule has 0 saturated heterocycles. The van der Waals surface area contributed by atoms with Crippen molar-refractivity contribution < 1.29 is 4.79 Å². The van der Waals surface area contributed by atoms with Gasteiger partial charge in [0, 0.05) is 10.7 Å². The van der Waals surface area contributed by atoms with E-state index in [9.17, 15) is 4.79 Å². The molecule has 0 spiro atoms. The average molecular weight is 313 g/mol. The summed E-state index contributed by atoms with van der Waals surface area (Å²) >= 11 is 5.89. The van der Waals surface area contributed by atoms with Crippen LogP contribution in [-0.2, 0) is 6.54 Å². The SMILES string of the molecule is O=C(Nc1cccc(Cl)c1)c1cn(Cc2ccccc2)nn1. The van der Waals surface area contributed by atoms with E-state index in [2.05, 4.69) is 15.6 Å². The quantitative estimate of drug-likeness (QED) is 0.804. The topological polar surface area (TPSA) is 59.8 Å². The Morgan fingerprint density at radius 1 is 1.14 bits per heavy atom. The molecule has 0 aliphatic carbocycles. The Labute approximate surface area is 132 Å². The van der Waals surface area contributed by atoms with Crippen molar-refractivity contribution in [3.05, 3.63) is 77.1 Å². The van der Waals surface area contributed by atoms with Crippen LogP contribution in [0.5, 0.6) is 0 Å². The van der Waals surface area contributed by atoms with Crippen LogP contribution in [0.1, 0.15) is 16.1 Å². The van der Waals surface area contributed by atoms with E-state index in [1.165, 1.54) is 0 Å². The lowest BCUT2D eigenvalue weighted by Crippen LogP contribution is -2.12. The molecule has 1 heterocycles. The van der Waals surface area contributed by atoms with Gasteiger partial charge in [-0.05, 0) is 23.8 Å². The number of carbonyl (C=O) groups excluding carboxylic acids is 1. The maximum Gasteiger partial charge on any atom is 0.277 e. The second-order valence-corrected chi connectivity index (χ2v) is 5.19. The Balaban J connectivity index is 1.69. The zero-order valence-electron chi connectivity index (χ0n) is 11.6. The fraction of sp³-hybridized carbons (Fsp3) is 0.0625. The monoisotopic (exact) mass is 312 g/mol. The lowest BCUT2D eigenvalue weighted by Gasteiger charge is -2.02. The number of carbonyl (C=O) groups is 1. The minimum atomic E-state index is -0.318. The van der Waals surface area contributed by atoms with E-state index in [1.807, 2.05) is 30.3 Å². The summed E-state index contributed by atoms with van der Waals surface area (Å²) in [6.45, 7) is 0.568. The number of amides is 1. The van der Waals surface area contributed by atoms with Gasteiger partial charge < -0.3 is 5.32 Å². The summed E-state index contributed by atoms with van der Waals surface area (Å²) < 4.78 is 1.63. The van der Waals surface area contributed by atoms with E-state index in [0.717, 1.165) is 5.56 Å². The molecule has 0 aliphatic heterocycles. The molecule has 3 rings (SSSR count). The van der Waals surface area contributed by atoms with Gasteiger partial charge in [-0.3, -0.25) is 4.79 Å². The zero-order chi connectivity index (χ0) is 15.4. The van der Waals surface area contributed by atoms with Crippen molar-refractivity contribution in [2.24, 2.45) is 0 Å². The second-order valence-electron chi connectivity index (χ2n) is 4.75. The van der Waals surface area contributed by atoms with Gasteiger partial charge in [0.2, 0.25) is 0 Å². The molecule has 6 heteroatoms. The van der Waals surface area contributed by atoms with E-state index in [1.54, 1.807) is 35.1 Å². The number of rotatable bonds is 4. The van der Waals surface area contributed by atoms with Gasteiger partial charge >= 0.3 is 0 Å². The van der Waals surface area contributed by atoms with Crippen molar-refractivity contribution in [3.8, 4) is 0 Å². The van der Waals surface area contributed by atoms with E-state index in [4.69, 9.17) is 11.6 Å². The zero-order valence-corrected chi connectivity index (χ0v) is 12.4. The predicted octanol–water partition coefficient (Wildman–Crippen LogP) is 3.23. The highest BCUT2D eigenvalue weighted by Gasteiger charge is 2.11. The summed E-state index contributed by atoms with van der Waals surface area (Å²) in [5.74, 6) is -0.318. The molecule has 0 atom stereocenters. The number of hydrogen-bond acceptors (Lipinski definition) is 3. The number of halogens is 1. The molecule has 1 aromatic heterocycles.